The van der Waals surface area contributed by atoms with Crippen molar-refractivity contribution in [2.75, 3.05) is 5.73 Å². The van der Waals surface area contributed by atoms with E-state index in [1.807, 2.05) is 0 Å². The van der Waals surface area contributed by atoms with Gasteiger partial charge < -0.3 is 5.73 Å². The maximum absolute atomic E-state index is 10.9. The summed E-state index contributed by atoms with van der Waals surface area (Å²) in [7, 11) is 0. The fourth-order valence-electron chi connectivity index (χ4n) is 2.25. The lowest BCUT2D eigenvalue weighted by Gasteiger charge is -2.20. The molecule has 0 aliphatic heterocycles. The van der Waals surface area contributed by atoms with Crippen molar-refractivity contribution in [3.8, 4) is 6.07 Å². The predicted octanol–water partition coefficient (Wildman–Crippen LogP) is 2.12. The zero-order valence-electron chi connectivity index (χ0n) is 8.64. The number of nitro groups is 1. The Labute approximate surface area is 92.6 Å². The molecule has 1 atom stereocenters. The van der Waals surface area contributed by atoms with Crippen molar-refractivity contribution < 1.29 is 4.92 Å². The molecule has 1 aliphatic carbocycles. The third kappa shape index (κ3) is 1.48. The second kappa shape index (κ2) is 3.81. The number of benzene rings is 1. The zero-order chi connectivity index (χ0) is 11.7. The van der Waals surface area contributed by atoms with Crippen LogP contribution >= 0.6 is 0 Å². The molecule has 1 unspecified atom stereocenters. The van der Waals surface area contributed by atoms with Crippen molar-refractivity contribution in [2.24, 2.45) is 0 Å². The molecule has 2 rings (SSSR count). The number of hydrogen-bond donors (Lipinski definition) is 1. The molecular weight excluding hydrogens is 206 g/mol. The molecule has 0 saturated carbocycles. The Kier molecular flexibility index (Phi) is 2.49. The van der Waals surface area contributed by atoms with Gasteiger partial charge in [0, 0.05) is 5.56 Å². The smallest absolute Gasteiger partial charge is 0.295 e. The van der Waals surface area contributed by atoms with Gasteiger partial charge in [0.1, 0.15) is 5.69 Å². The molecule has 0 radical (unpaired) electrons. The summed E-state index contributed by atoms with van der Waals surface area (Å²) in [5.74, 6) is -0.233. The molecule has 5 heteroatoms. The molecule has 1 aliphatic rings. The maximum atomic E-state index is 10.9. The summed E-state index contributed by atoms with van der Waals surface area (Å²) < 4.78 is 0. The molecule has 0 saturated heterocycles. The van der Waals surface area contributed by atoms with Crippen LogP contribution in [0.1, 0.15) is 29.9 Å². The number of hydrogen-bond acceptors (Lipinski definition) is 4. The first kappa shape index (κ1) is 10.4. The number of anilines is 1. The van der Waals surface area contributed by atoms with Gasteiger partial charge in [0.05, 0.1) is 16.9 Å². The van der Waals surface area contributed by atoms with E-state index in [-0.39, 0.29) is 17.3 Å². The first-order chi connectivity index (χ1) is 7.65. The Hall–Kier alpha value is -2.09. The van der Waals surface area contributed by atoms with Crippen molar-refractivity contribution >= 4 is 11.4 Å². The molecule has 2 N–H and O–H groups in total. The van der Waals surface area contributed by atoms with Crippen LogP contribution in [-0.4, -0.2) is 4.92 Å². The number of nitrogens with two attached hydrogens (primary N) is 1. The minimum Gasteiger partial charge on any atom is -0.393 e. The summed E-state index contributed by atoms with van der Waals surface area (Å²) in [4.78, 5) is 10.5. The highest BCUT2D eigenvalue weighted by Gasteiger charge is 2.28. The molecule has 1 aromatic rings. The predicted molar refractivity (Wildman–Crippen MR) is 58.8 cm³/mol. The average Bonchev–Trinajstić information content (AvgIpc) is 2.27. The lowest BCUT2D eigenvalue weighted by molar-refractivity contribution is -0.384. The fraction of sp³-hybridized carbons (Fsp3) is 0.364. The summed E-state index contributed by atoms with van der Waals surface area (Å²) in [6.07, 6.45) is 2.20. The summed E-state index contributed by atoms with van der Waals surface area (Å²) in [5.41, 5.74) is 7.19. The van der Waals surface area contributed by atoms with Gasteiger partial charge in [0.15, 0.2) is 0 Å². The van der Waals surface area contributed by atoms with Gasteiger partial charge in [-0.05, 0) is 30.9 Å². The van der Waals surface area contributed by atoms with Gasteiger partial charge >= 0.3 is 0 Å². The number of rotatable bonds is 1. The maximum Gasteiger partial charge on any atom is 0.295 e. The summed E-state index contributed by atoms with van der Waals surface area (Å²) in [6, 6.07) is 5.44. The SMILES string of the molecule is N#CC1CCCc2c1ccc(N)c2[N+](=O)[O-]. The van der Waals surface area contributed by atoms with Crippen LogP contribution in [0, 0.1) is 21.4 Å². The van der Waals surface area contributed by atoms with E-state index in [1.165, 1.54) is 6.07 Å². The molecule has 82 valence electrons. The molecule has 0 bridgehead atoms. The van der Waals surface area contributed by atoms with Crippen molar-refractivity contribution in [1.82, 2.24) is 0 Å². The van der Waals surface area contributed by atoms with Crippen LogP contribution in [0.4, 0.5) is 11.4 Å². The van der Waals surface area contributed by atoms with Crippen molar-refractivity contribution in [2.45, 2.75) is 25.2 Å². The van der Waals surface area contributed by atoms with Crippen molar-refractivity contribution in [3.63, 3.8) is 0 Å². The standard InChI is InChI=1S/C11H11N3O2/c12-6-7-2-1-3-9-8(7)4-5-10(13)11(9)14(15)16/h4-5,7H,1-3,13H2. The van der Waals surface area contributed by atoms with E-state index in [4.69, 9.17) is 11.0 Å². The largest absolute Gasteiger partial charge is 0.393 e. The zero-order valence-corrected chi connectivity index (χ0v) is 8.64. The topological polar surface area (TPSA) is 93.0 Å². The highest BCUT2D eigenvalue weighted by molar-refractivity contribution is 5.66. The lowest BCUT2D eigenvalue weighted by Crippen LogP contribution is -2.12. The minimum atomic E-state index is -0.450. The molecule has 0 amide bonds. The van der Waals surface area contributed by atoms with Gasteiger partial charge in [0.25, 0.3) is 5.69 Å². The van der Waals surface area contributed by atoms with Gasteiger partial charge in [-0.3, -0.25) is 10.1 Å². The third-order valence-corrected chi connectivity index (χ3v) is 2.98. The van der Waals surface area contributed by atoms with E-state index < -0.39 is 4.92 Å². The molecule has 0 fully saturated rings. The van der Waals surface area contributed by atoms with Crippen LogP contribution in [-0.2, 0) is 6.42 Å². The van der Waals surface area contributed by atoms with Crippen molar-refractivity contribution in [3.05, 3.63) is 33.4 Å². The van der Waals surface area contributed by atoms with Crippen LogP contribution in [0.3, 0.4) is 0 Å². The van der Waals surface area contributed by atoms with Crippen LogP contribution in [0.25, 0.3) is 0 Å². The molecule has 0 heterocycles. The van der Waals surface area contributed by atoms with E-state index in [0.717, 1.165) is 18.4 Å². The minimum absolute atomic E-state index is 0.0162. The van der Waals surface area contributed by atoms with E-state index in [9.17, 15) is 10.1 Å². The Bertz CT molecular complexity index is 491. The van der Waals surface area contributed by atoms with Crippen LogP contribution in [0.2, 0.25) is 0 Å². The molecule has 0 spiro atoms. The van der Waals surface area contributed by atoms with E-state index in [2.05, 4.69) is 6.07 Å². The molecule has 0 aromatic heterocycles. The van der Waals surface area contributed by atoms with Gasteiger partial charge in [0.2, 0.25) is 0 Å². The summed E-state index contributed by atoms with van der Waals surface area (Å²) >= 11 is 0. The molecular formula is C11H11N3O2. The van der Waals surface area contributed by atoms with Crippen LogP contribution < -0.4 is 5.73 Å². The second-order valence-corrected chi connectivity index (χ2v) is 3.90. The first-order valence-electron chi connectivity index (χ1n) is 5.10. The molecule has 5 nitrogen and oxygen atoms in total. The quantitative estimate of drug-likeness (QED) is 0.443. The highest BCUT2D eigenvalue weighted by atomic mass is 16.6. The Morgan fingerprint density at radius 2 is 2.31 bits per heavy atom. The normalized spacial score (nSPS) is 18.6. The summed E-state index contributed by atoms with van der Waals surface area (Å²) in [5, 5.41) is 19.9. The first-order valence-corrected chi connectivity index (χ1v) is 5.10. The third-order valence-electron chi connectivity index (χ3n) is 2.98. The average molecular weight is 217 g/mol. The van der Waals surface area contributed by atoms with Gasteiger partial charge in [-0.1, -0.05) is 6.07 Å². The molecule has 1 aromatic carbocycles. The van der Waals surface area contributed by atoms with Gasteiger partial charge in [-0.25, -0.2) is 0 Å². The highest BCUT2D eigenvalue weighted by Crippen LogP contribution is 2.39. The fourth-order valence-corrected chi connectivity index (χ4v) is 2.25. The number of nitrogens with zero attached hydrogens (tertiary/aromatic N) is 2. The monoisotopic (exact) mass is 217 g/mol. The Morgan fingerprint density at radius 3 is 2.94 bits per heavy atom. The Morgan fingerprint density at radius 1 is 1.56 bits per heavy atom. The van der Waals surface area contributed by atoms with E-state index in [0.29, 0.717) is 12.0 Å². The number of nitriles is 1. The number of nitrogen functional groups attached to an aromatic ring is 1. The van der Waals surface area contributed by atoms with Crippen LogP contribution in [0.5, 0.6) is 0 Å². The number of nitro benzene ring substituents is 1. The van der Waals surface area contributed by atoms with E-state index >= 15 is 0 Å². The Balaban J connectivity index is 2.64. The molecule has 16 heavy (non-hydrogen) atoms. The van der Waals surface area contributed by atoms with E-state index in [1.54, 1.807) is 6.07 Å². The number of fused-ring (bicyclic) bond motifs is 1. The van der Waals surface area contributed by atoms with Gasteiger partial charge in [-0.15, -0.1) is 0 Å². The summed E-state index contributed by atoms with van der Waals surface area (Å²) in [6.45, 7) is 0. The van der Waals surface area contributed by atoms with Crippen molar-refractivity contribution in [1.29, 1.82) is 5.26 Å². The lowest BCUT2D eigenvalue weighted by atomic mass is 9.82. The van der Waals surface area contributed by atoms with Gasteiger partial charge in [-0.2, -0.15) is 5.26 Å². The second-order valence-electron chi connectivity index (χ2n) is 3.90. The van der Waals surface area contributed by atoms with Crippen LogP contribution in [0.15, 0.2) is 12.1 Å².